The zero-order valence-corrected chi connectivity index (χ0v) is 18.6. The number of oxazole rings is 1. The summed E-state index contributed by atoms with van der Waals surface area (Å²) in [4.78, 5) is 50.6. The van der Waals surface area contributed by atoms with Gasteiger partial charge in [-0.25, -0.2) is 4.79 Å². The maximum atomic E-state index is 12.7. The first kappa shape index (κ1) is 21.8. The number of rotatable bonds is 7. The minimum absolute atomic E-state index is 0.0451. The minimum atomic E-state index is -0.527. The van der Waals surface area contributed by atoms with Crippen LogP contribution >= 0.6 is 11.8 Å². The van der Waals surface area contributed by atoms with Crippen molar-refractivity contribution < 1.29 is 28.3 Å². The van der Waals surface area contributed by atoms with Crippen molar-refractivity contribution in [1.82, 2.24) is 14.8 Å². The number of aryl methyl sites for hydroxylation is 1. The van der Waals surface area contributed by atoms with Gasteiger partial charge in [-0.3, -0.25) is 23.9 Å². The number of aromatic nitrogens is 1. The molecule has 5 rings (SSSR count). The molecule has 0 radical (unpaired) electrons. The van der Waals surface area contributed by atoms with Crippen molar-refractivity contribution in [3.63, 3.8) is 0 Å². The van der Waals surface area contributed by atoms with Gasteiger partial charge in [0.2, 0.25) is 12.7 Å². The summed E-state index contributed by atoms with van der Waals surface area (Å²) in [5.41, 5.74) is 1.79. The standard InChI is InChI=1S/C23H19N3O7S/c27-20(7-9-25-15-3-1-2-4-16(15)33-22(25)29)24-8-10-26-21(28)19(34-23(26)30)12-14-5-6-17-18(11-14)32-13-31-17/h1-6,11-12H,7-10,13H2,(H,24,27)/b19-12-. The van der Waals surface area contributed by atoms with E-state index in [1.807, 2.05) is 0 Å². The molecule has 10 nitrogen and oxygen atoms in total. The summed E-state index contributed by atoms with van der Waals surface area (Å²) in [6.07, 6.45) is 1.67. The van der Waals surface area contributed by atoms with Crippen LogP contribution in [0.5, 0.6) is 11.5 Å². The third kappa shape index (κ3) is 4.29. The average molecular weight is 481 g/mol. The summed E-state index contributed by atoms with van der Waals surface area (Å²) in [7, 11) is 0. The molecule has 174 valence electrons. The molecule has 0 saturated carbocycles. The number of thioether (sulfide) groups is 1. The van der Waals surface area contributed by atoms with Crippen LogP contribution in [0, 0.1) is 0 Å². The molecule has 2 aliphatic rings. The summed E-state index contributed by atoms with van der Waals surface area (Å²) in [5.74, 6) is -0.0346. The van der Waals surface area contributed by atoms with Crippen LogP contribution in [-0.4, -0.2) is 46.4 Å². The van der Waals surface area contributed by atoms with Crippen molar-refractivity contribution in [3.8, 4) is 11.5 Å². The number of ether oxygens (including phenoxy) is 2. The number of fused-ring (bicyclic) bond motifs is 2. The highest BCUT2D eigenvalue weighted by Gasteiger charge is 2.34. The van der Waals surface area contributed by atoms with Crippen LogP contribution in [0.15, 0.2) is 56.6 Å². The fourth-order valence-electron chi connectivity index (χ4n) is 3.68. The lowest BCUT2D eigenvalue weighted by molar-refractivity contribution is -0.124. The molecule has 1 aromatic heterocycles. The molecule has 0 bridgehead atoms. The number of hydrogen-bond acceptors (Lipinski definition) is 8. The van der Waals surface area contributed by atoms with Crippen LogP contribution in [0.2, 0.25) is 0 Å². The number of nitrogens with zero attached hydrogens (tertiary/aromatic N) is 2. The number of carbonyl (C=O) groups is 3. The van der Waals surface area contributed by atoms with Crippen LogP contribution in [0.4, 0.5) is 4.79 Å². The van der Waals surface area contributed by atoms with E-state index in [0.717, 1.165) is 16.7 Å². The van der Waals surface area contributed by atoms with Gasteiger partial charge < -0.3 is 19.2 Å². The summed E-state index contributed by atoms with van der Waals surface area (Å²) in [5, 5.41) is 2.28. The molecule has 2 aliphatic heterocycles. The van der Waals surface area contributed by atoms with Crippen molar-refractivity contribution in [2.45, 2.75) is 13.0 Å². The van der Waals surface area contributed by atoms with E-state index < -0.39 is 16.9 Å². The molecule has 2 aromatic carbocycles. The normalized spacial score (nSPS) is 16.1. The molecule has 3 heterocycles. The highest BCUT2D eigenvalue weighted by molar-refractivity contribution is 8.18. The Kier molecular flexibility index (Phi) is 5.84. The van der Waals surface area contributed by atoms with Crippen molar-refractivity contribution in [3.05, 3.63) is 63.5 Å². The van der Waals surface area contributed by atoms with E-state index in [4.69, 9.17) is 13.9 Å². The molecule has 3 amide bonds. The molecule has 1 fully saturated rings. The molecule has 0 unspecified atom stereocenters. The number of para-hydroxylation sites is 2. The van der Waals surface area contributed by atoms with Gasteiger partial charge in [-0.05, 0) is 47.7 Å². The summed E-state index contributed by atoms with van der Waals surface area (Å²) in [6.45, 7) is 0.455. The smallest absolute Gasteiger partial charge is 0.419 e. The predicted molar refractivity (Wildman–Crippen MR) is 123 cm³/mol. The second kappa shape index (κ2) is 9.10. The van der Waals surface area contributed by atoms with Crippen molar-refractivity contribution in [2.75, 3.05) is 19.9 Å². The third-order valence-corrected chi connectivity index (χ3v) is 6.27. The lowest BCUT2D eigenvalue weighted by atomic mass is 10.2. The second-order valence-corrected chi connectivity index (χ2v) is 8.53. The van der Waals surface area contributed by atoms with Crippen LogP contribution in [0.1, 0.15) is 12.0 Å². The number of benzene rings is 2. The van der Waals surface area contributed by atoms with Gasteiger partial charge in [0.25, 0.3) is 11.1 Å². The van der Waals surface area contributed by atoms with E-state index in [0.29, 0.717) is 33.1 Å². The highest BCUT2D eigenvalue weighted by atomic mass is 32.2. The first-order chi connectivity index (χ1) is 16.5. The highest BCUT2D eigenvalue weighted by Crippen LogP contribution is 2.36. The van der Waals surface area contributed by atoms with Crippen molar-refractivity contribution in [2.24, 2.45) is 0 Å². The number of imide groups is 1. The Morgan fingerprint density at radius 3 is 2.76 bits per heavy atom. The summed E-state index contributed by atoms with van der Waals surface area (Å²) >= 11 is 0.845. The van der Waals surface area contributed by atoms with Gasteiger partial charge in [0, 0.05) is 26.1 Å². The van der Waals surface area contributed by atoms with E-state index in [1.165, 1.54) is 4.57 Å². The van der Waals surface area contributed by atoms with Crippen molar-refractivity contribution >= 4 is 46.0 Å². The summed E-state index contributed by atoms with van der Waals surface area (Å²) < 4.78 is 17.2. The van der Waals surface area contributed by atoms with E-state index in [1.54, 1.807) is 48.5 Å². The molecule has 0 spiro atoms. The topological polar surface area (TPSA) is 120 Å². The molecule has 1 saturated heterocycles. The Morgan fingerprint density at radius 1 is 1.06 bits per heavy atom. The number of carbonyl (C=O) groups excluding carboxylic acids is 3. The van der Waals surface area contributed by atoms with Crippen LogP contribution in [0.3, 0.4) is 0 Å². The van der Waals surface area contributed by atoms with Crippen LogP contribution in [-0.2, 0) is 16.1 Å². The van der Waals surface area contributed by atoms with Gasteiger partial charge in [-0.15, -0.1) is 0 Å². The fraction of sp³-hybridized carbons (Fsp3) is 0.217. The molecular formula is C23H19N3O7S. The Balaban J connectivity index is 1.14. The van der Waals surface area contributed by atoms with E-state index in [2.05, 4.69) is 5.32 Å². The minimum Gasteiger partial charge on any atom is -0.454 e. The van der Waals surface area contributed by atoms with Gasteiger partial charge in [-0.2, -0.15) is 0 Å². The fourth-order valence-corrected chi connectivity index (χ4v) is 4.55. The van der Waals surface area contributed by atoms with Gasteiger partial charge >= 0.3 is 5.76 Å². The lowest BCUT2D eigenvalue weighted by Gasteiger charge is -2.13. The average Bonchev–Trinajstić information content (AvgIpc) is 3.49. The second-order valence-electron chi connectivity index (χ2n) is 7.53. The Morgan fingerprint density at radius 2 is 1.88 bits per heavy atom. The molecule has 1 N–H and O–H groups in total. The third-order valence-electron chi connectivity index (χ3n) is 5.36. The largest absolute Gasteiger partial charge is 0.454 e. The quantitative estimate of drug-likeness (QED) is 0.512. The van der Waals surface area contributed by atoms with Crippen molar-refractivity contribution in [1.29, 1.82) is 0 Å². The first-order valence-corrected chi connectivity index (χ1v) is 11.3. The van der Waals surface area contributed by atoms with E-state index >= 15 is 0 Å². The van der Waals surface area contributed by atoms with E-state index in [-0.39, 0.29) is 38.8 Å². The molecule has 3 aromatic rings. The Labute approximate surface area is 197 Å². The van der Waals surface area contributed by atoms with Gasteiger partial charge in [0.1, 0.15) is 0 Å². The molecule has 11 heteroatoms. The summed E-state index contributed by atoms with van der Waals surface area (Å²) in [6, 6.07) is 12.2. The predicted octanol–water partition coefficient (Wildman–Crippen LogP) is 2.57. The molecular weight excluding hydrogens is 462 g/mol. The SMILES string of the molecule is O=C(CCn1c(=O)oc2ccccc21)NCCN1C(=O)S/C(=C\c2ccc3c(c2)OCO3)C1=O. The van der Waals surface area contributed by atoms with Crippen LogP contribution < -0.4 is 20.5 Å². The van der Waals surface area contributed by atoms with Gasteiger partial charge in [-0.1, -0.05) is 18.2 Å². The molecule has 0 aliphatic carbocycles. The zero-order valence-electron chi connectivity index (χ0n) is 17.8. The first-order valence-electron chi connectivity index (χ1n) is 10.5. The maximum absolute atomic E-state index is 12.7. The molecule has 34 heavy (non-hydrogen) atoms. The number of amides is 3. The zero-order chi connectivity index (χ0) is 23.7. The molecule has 0 atom stereocenters. The Hall–Kier alpha value is -3.99. The Bertz CT molecular complexity index is 1390. The van der Waals surface area contributed by atoms with E-state index in [9.17, 15) is 19.2 Å². The monoisotopic (exact) mass is 481 g/mol. The van der Waals surface area contributed by atoms with Gasteiger partial charge in [0.15, 0.2) is 17.1 Å². The van der Waals surface area contributed by atoms with Crippen LogP contribution in [0.25, 0.3) is 17.2 Å². The number of hydrogen-bond donors (Lipinski definition) is 1. The maximum Gasteiger partial charge on any atom is 0.419 e. The lowest BCUT2D eigenvalue weighted by Crippen LogP contribution is -2.37. The number of nitrogens with one attached hydrogen (secondary N) is 1. The van der Waals surface area contributed by atoms with Gasteiger partial charge in [0.05, 0.1) is 10.4 Å².